The van der Waals surface area contributed by atoms with Gasteiger partial charge in [-0.25, -0.2) is 4.98 Å². The highest BCUT2D eigenvalue weighted by molar-refractivity contribution is 7.29. The summed E-state index contributed by atoms with van der Waals surface area (Å²) < 4.78 is 1.07. The topological polar surface area (TPSA) is 86.8 Å². The van der Waals surface area contributed by atoms with E-state index in [2.05, 4.69) is 25.4 Å². The van der Waals surface area contributed by atoms with Crippen LogP contribution in [0, 0.1) is 0 Å². The molecule has 2 aliphatic rings. The second kappa shape index (κ2) is 6.06. The normalized spacial score (nSPS) is 18.0. The molecule has 1 aliphatic heterocycles. The van der Waals surface area contributed by atoms with Crippen LogP contribution < -0.4 is 10.2 Å². The van der Waals surface area contributed by atoms with E-state index in [9.17, 15) is 4.79 Å². The molecule has 5 rings (SSSR count). The molecule has 3 aromatic rings. The number of aromatic nitrogens is 4. The number of carbonyl (C=O) groups excluding carboxylic acids is 1. The van der Waals surface area contributed by atoms with E-state index in [-0.39, 0.29) is 5.91 Å². The zero-order valence-electron chi connectivity index (χ0n) is 13.6. The highest BCUT2D eigenvalue weighted by Gasteiger charge is 2.24. The summed E-state index contributed by atoms with van der Waals surface area (Å²) in [7, 11) is 0. The summed E-state index contributed by atoms with van der Waals surface area (Å²) >= 11 is 3.09. The van der Waals surface area contributed by atoms with Gasteiger partial charge in [-0.2, -0.15) is 4.98 Å². The summed E-state index contributed by atoms with van der Waals surface area (Å²) in [5, 5.41) is 10.9. The van der Waals surface area contributed by atoms with Gasteiger partial charge in [-0.1, -0.05) is 17.8 Å². The zero-order valence-corrected chi connectivity index (χ0v) is 15.3. The Bertz CT molecular complexity index is 887. The van der Waals surface area contributed by atoms with E-state index in [0.717, 1.165) is 46.4 Å². The van der Waals surface area contributed by atoms with Gasteiger partial charge in [0.1, 0.15) is 10.7 Å². The van der Waals surface area contributed by atoms with Crippen molar-refractivity contribution in [3.8, 4) is 0 Å². The summed E-state index contributed by atoms with van der Waals surface area (Å²) in [6.07, 6.45) is 6.01. The number of rotatable bonds is 4. The highest BCUT2D eigenvalue weighted by Crippen LogP contribution is 2.36. The number of thiazole rings is 1. The van der Waals surface area contributed by atoms with Crippen molar-refractivity contribution in [2.24, 2.45) is 0 Å². The first-order valence-electron chi connectivity index (χ1n) is 8.65. The monoisotopic (exact) mass is 374 g/mol. The lowest BCUT2D eigenvalue weighted by molar-refractivity contribution is 0.103. The van der Waals surface area contributed by atoms with Crippen LogP contribution in [0.1, 0.15) is 53.5 Å². The van der Waals surface area contributed by atoms with Crippen LogP contribution in [0.3, 0.4) is 0 Å². The van der Waals surface area contributed by atoms with Crippen LogP contribution in [0.2, 0.25) is 0 Å². The lowest BCUT2D eigenvalue weighted by Crippen LogP contribution is -2.16. The average molecular weight is 374 g/mol. The molecule has 1 amide bonds. The summed E-state index contributed by atoms with van der Waals surface area (Å²) in [6.45, 7) is 2.17. The first-order chi connectivity index (χ1) is 12.3. The number of nitrogens with one attached hydrogen (secondary N) is 2. The molecule has 0 unspecified atom stereocenters. The number of thiophene rings is 1. The number of aromatic amines is 1. The second-order valence-electron chi connectivity index (χ2n) is 6.60. The van der Waals surface area contributed by atoms with Gasteiger partial charge in [0, 0.05) is 19.0 Å². The predicted molar refractivity (Wildman–Crippen MR) is 99.9 cm³/mol. The Balaban J connectivity index is 1.31. The van der Waals surface area contributed by atoms with E-state index < -0.39 is 0 Å². The maximum absolute atomic E-state index is 12.5. The third kappa shape index (κ3) is 2.81. The standard InChI is InChI=1S/C16H18N6OS2/c23-13(18-15-17-12(20-21-15)9-4-3-5-9)10-8-11-14(24-10)19-16(25-11)22-6-1-2-7-22/h8-9H,1-7H2,(H2,17,18,20,21,23). The van der Waals surface area contributed by atoms with E-state index in [4.69, 9.17) is 4.98 Å². The van der Waals surface area contributed by atoms with Crippen molar-refractivity contribution in [2.75, 3.05) is 23.3 Å². The maximum Gasteiger partial charge on any atom is 0.268 e. The molecule has 1 saturated carbocycles. The Morgan fingerprint density at radius 3 is 2.76 bits per heavy atom. The smallest absolute Gasteiger partial charge is 0.268 e. The van der Waals surface area contributed by atoms with Crippen LogP contribution in [0.5, 0.6) is 0 Å². The van der Waals surface area contributed by atoms with Crippen molar-refractivity contribution in [3.05, 3.63) is 16.8 Å². The molecule has 4 heterocycles. The van der Waals surface area contributed by atoms with Gasteiger partial charge in [-0.05, 0) is 31.7 Å². The van der Waals surface area contributed by atoms with Crippen LogP contribution in [0.25, 0.3) is 9.53 Å². The van der Waals surface area contributed by atoms with Gasteiger partial charge >= 0.3 is 0 Å². The van der Waals surface area contributed by atoms with Crippen molar-refractivity contribution < 1.29 is 4.79 Å². The molecule has 25 heavy (non-hydrogen) atoms. The maximum atomic E-state index is 12.5. The fraction of sp³-hybridized carbons (Fsp3) is 0.500. The third-order valence-corrected chi connectivity index (χ3v) is 7.12. The van der Waals surface area contributed by atoms with E-state index in [1.165, 1.54) is 30.6 Å². The predicted octanol–water partition coefficient (Wildman–Crippen LogP) is 3.60. The highest BCUT2D eigenvalue weighted by atomic mass is 32.1. The summed E-state index contributed by atoms with van der Waals surface area (Å²) in [6, 6.07) is 1.92. The number of carbonyl (C=O) groups is 1. The molecule has 9 heteroatoms. The van der Waals surface area contributed by atoms with Gasteiger partial charge < -0.3 is 4.90 Å². The SMILES string of the molecule is O=C(Nc1n[nH]c(C2CCC2)n1)c1cc2sc(N3CCCC3)nc2s1. The fourth-order valence-corrected chi connectivity index (χ4v) is 5.39. The zero-order chi connectivity index (χ0) is 16.8. The van der Waals surface area contributed by atoms with Crippen LogP contribution in [0.15, 0.2) is 6.07 Å². The number of H-pyrrole nitrogens is 1. The van der Waals surface area contributed by atoms with Crippen molar-refractivity contribution in [1.29, 1.82) is 0 Å². The number of hydrogen-bond acceptors (Lipinski definition) is 7. The Kier molecular flexibility index (Phi) is 3.70. The Morgan fingerprint density at radius 1 is 1.20 bits per heavy atom. The van der Waals surface area contributed by atoms with Gasteiger partial charge in [0.05, 0.1) is 9.58 Å². The first-order valence-corrected chi connectivity index (χ1v) is 10.3. The number of hydrogen-bond donors (Lipinski definition) is 2. The first kappa shape index (κ1) is 15.3. The molecule has 1 saturated heterocycles. The molecule has 0 atom stereocenters. The molecule has 0 bridgehead atoms. The molecule has 3 aromatic heterocycles. The largest absolute Gasteiger partial charge is 0.348 e. The van der Waals surface area contributed by atoms with Crippen molar-refractivity contribution in [1.82, 2.24) is 20.2 Å². The summed E-state index contributed by atoms with van der Waals surface area (Å²) in [5.41, 5.74) is 0. The van der Waals surface area contributed by atoms with E-state index in [1.54, 1.807) is 11.3 Å². The quantitative estimate of drug-likeness (QED) is 0.729. The summed E-state index contributed by atoms with van der Waals surface area (Å²) in [4.78, 5) is 25.5. The van der Waals surface area contributed by atoms with Crippen molar-refractivity contribution >= 4 is 49.2 Å². The van der Waals surface area contributed by atoms with Crippen LogP contribution in [0.4, 0.5) is 11.1 Å². The molecule has 2 N–H and O–H groups in total. The molecule has 130 valence electrons. The second-order valence-corrected chi connectivity index (χ2v) is 8.64. The number of fused-ring (bicyclic) bond motifs is 1. The van der Waals surface area contributed by atoms with Gasteiger partial charge in [0.25, 0.3) is 5.91 Å². The minimum atomic E-state index is -0.169. The number of amides is 1. The average Bonchev–Trinajstić information content (AvgIpc) is 3.28. The van der Waals surface area contributed by atoms with Crippen molar-refractivity contribution in [2.45, 2.75) is 38.0 Å². The van der Waals surface area contributed by atoms with Gasteiger partial charge in [-0.3, -0.25) is 15.2 Å². The Labute approximate surface area is 152 Å². The molecule has 2 fully saturated rings. The van der Waals surface area contributed by atoms with Crippen LogP contribution in [-0.2, 0) is 0 Å². The summed E-state index contributed by atoms with van der Waals surface area (Å²) in [5.74, 6) is 1.54. The lowest BCUT2D eigenvalue weighted by Gasteiger charge is -2.22. The molecular weight excluding hydrogens is 356 g/mol. The van der Waals surface area contributed by atoms with E-state index >= 15 is 0 Å². The molecule has 0 aromatic carbocycles. The molecule has 0 radical (unpaired) electrons. The molecule has 0 spiro atoms. The van der Waals surface area contributed by atoms with Crippen LogP contribution >= 0.6 is 22.7 Å². The van der Waals surface area contributed by atoms with Gasteiger partial charge in [0.15, 0.2) is 5.13 Å². The molecule has 1 aliphatic carbocycles. The number of anilines is 2. The van der Waals surface area contributed by atoms with E-state index in [0.29, 0.717) is 16.7 Å². The Hall–Kier alpha value is -2.00. The van der Waals surface area contributed by atoms with Crippen molar-refractivity contribution in [3.63, 3.8) is 0 Å². The third-order valence-electron chi connectivity index (χ3n) is 4.90. The Morgan fingerprint density at radius 2 is 2.04 bits per heavy atom. The molecular formula is C16H18N6OS2. The van der Waals surface area contributed by atoms with E-state index in [1.807, 2.05) is 6.07 Å². The van der Waals surface area contributed by atoms with Crippen LogP contribution in [-0.4, -0.2) is 39.2 Å². The number of nitrogens with zero attached hydrogens (tertiary/aromatic N) is 4. The molecule has 7 nitrogen and oxygen atoms in total. The minimum Gasteiger partial charge on any atom is -0.348 e. The van der Waals surface area contributed by atoms with Gasteiger partial charge in [0.2, 0.25) is 5.95 Å². The minimum absolute atomic E-state index is 0.169. The fourth-order valence-electron chi connectivity index (χ4n) is 3.24. The lowest BCUT2D eigenvalue weighted by atomic mass is 9.85. The van der Waals surface area contributed by atoms with Gasteiger partial charge in [-0.15, -0.1) is 16.4 Å².